The summed E-state index contributed by atoms with van der Waals surface area (Å²) in [6, 6.07) is 8.09. The normalized spacial score (nSPS) is 9.76. The van der Waals surface area contributed by atoms with E-state index >= 15 is 0 Å². The van der Waals surface area contributed by atoms with Crippen LogP contribution in [0.2, 0.25) is 0 Å². The predicted molar refractivity (Wildman–Crippen MR) is 83.1 cm³/mol. The first kappa shape index (κ1) is 14.8. The Hall–Kier alpha value is -0.260. The fourth-order valence-corrected chi connectivity index (χ4v) is 1.97. The van der Waals surface area contributed by atoms with E-state index in [-0.39, 0.29) is 17.0 Å². The molecule has 0 fully saturated rings. The summed E-state index contributed by atoms with van der Waals surface area (Å²) in [6.45, 7) is 0. The Balaban J connectivity index is 0.00000144. The van der Waals surface area contributed by atoms with Gasteiger partial charge in [-0.15, -0.1) is 17.0 Å². The summed E-state index contributed by atoms with van der Waals surface area (Å²) in [5.74, 6) is 0. The zero-order chi connectivity index (χ0) is 11.4. The number of halogens is 3. The molecule has 2 aromatic heterocycles. The number of hydrogen-bond acceptors (Lipinski definition) is 2. The van der Waals surface area contributed by atoms with Crippen molar-refractivity contribution in [1.82, 2.24) is 9.97 Å². The molecule has 2 aromatic rings. The van der Waals surface area contributed by atoms with Crippen molar-refractivity contribution in [3.63, 3.8) is 0 Å². The van der Waals surface area contributed by atoms with Crippen molar-refractivity contribution in [1.29, 1.82) is 0 Å². The Morgan fingerprint density at radius 2 is 1.18 bits per heavy atom. The molecule has 0 aliphatic carbocycles. The van der Waals surface area contributed by atoms with Crippen LogP contribution in [0.1, 0.15) is 11.1 Å². The SMILES string of the molecule is Br.BrCc1ccc(-c2ccc(CBr)cn2)nc1. The number of alkyl halides is 2. The Morgan fingerprint density at radius 3 is 1.41 bits per heavy atom. The van der Waals surface area contributed by atoms with E-state index < -0.39 is 0 Å². The zero-order valence-electron chi connectivity index (χ0n) is 8.94. The Morgan fingerprint density at radius 1 is 0.765 bits per heavy atom. The van der Waals surface area contributed by atoms with Crippen molar-refractivity contribution in [2.75, 3.05) is 0 Å². The first-order valence-electron chi connectivity index (χ1n) is 4.85. The average molecular weight is 423 g/mol. The van der Waals surface area contributed by atoms with Crippen LogP contribution in [0.25, 0.3) is 11.4 Å². The smallest absolute Gasteiger partial charge is 0.0886 e. The summed E-state index contributed by atoms with van der Waals surface area (Å²) < 4.78 is 0. The minimum Gasteiger partial charge on any atom is -0.254 e. The van der Waals surface area contributed by atoms with E-state index in [0.29, 0.717) is 0 Å². The molecule has 0 atom stereocenters. The molecule has 0 saturated heterocycles. The largest absolute Gasteiger partial charge is 0.254 e. The number of rotatable bonds is 3. The summed E-state index contributed by atoms with van der Waals surface area (Å²) in [5.41, 5.74) is 4.15. The molecule has 0 N–H and O–H groups in total. The second-order valence-corrected chi connectivity index (χ2v) is 4.49. The van der Waals surface area contributed by atoms with Crippen LogP contribution >= 0.6 is 48.8 Å². The van der Waals surface area contributed by atoms with Crippen LogP contribution in [-0.4, -0.2) is 9.97 Å². The lowest BCUT2D eigenvalue weighted by Crippen LogP contribution is -1.89. The second kappa shape index (κ2) is 7.24. The molecule has 2 rings (SSSR count). The van der Waals surface area contributed by atoms with Gasteiger partial charge < -0.3 is 0 Å². The van der Waals surface area contributed by atoms with E-state index in [0.717, 1.165) is 22.0 Å². The van der Waals surface area contributed by atoms with Crippen LogP contribution in [0.5, 0.6) is 0 Å². The molecule has 17 heavy (non-hydrogen) atoms. The number of nitrogens with zero attached hydrogens (tertiary/aromatic N) is 2. The topological polar surface area (TPSA) is 25.8 Å². The quantitative estimate of drug-likeness (QED) is 0.680. The lowest BCUT2D eigenvalue weighted by atomic mass is 10.2. The third kappa shape index (κ3) is 3.86. The van der Waals surface area contributed by atoms with Gasteiger partial charge in [-0.05, 0) is 23.3 Å². The highest BCUT2D eigenvalue weighted by Gasteiger charge is 2.00. The van der Waals surface area contributed by atoms with Gasteiger partial charge in [-0.2, -0.15) is 0 Å². The lowest BCUT2D eigenvalue weighted by molar-refractivity contribution is 1.20. The molecule has 2 heterocycles. The van der Waals surface area contributed by atoms with Crippen LogP contribution < -0.4 is 0 Å². The van der Waals surface area contributed by atoms with Crippen LogP contribution in [-0.2, 0) is 10.7 Å². The van der Waals surface area contributed by atoms with Gasteiger partial charge in [-0.3, -0.25) is 9.97 Å². The number of aromatic nitrogens is 2. The van der Waals surface area contributed by atoms with Crippen molar-refractivity contribution in [3.8, 4) is 11.4 Å². The molecule has 0 amide bonds. The van der Waals surface area contributed by atoms with Crippen LogP contribution in [0.4, 0.5) is 0 Å². The van der Waals surface area contributed by atoms with Crippen molar-refractivity contribution >= 4 is 48.8 Å². The van der Waals surface area contributed by atoms with Crippen LogP contribution in [0.3, 0.4) is 0 Å². The molecule has 90 valence electrons. The first-order valence-corrected chi connectivity index (χ1v) is 7.10. The van der Waals surface area contributed by atoms with Crippen molar-refractivity contribution < 1.29 is 0 Å². The minimum absolute atomic E-state index is 0. The molecule has 2 nitrogen and oxygen atoms in total. The van der Waals surface area contributed by atoms with Gasteiger partial charge in [0, 0.05) is 23.1 Å². The summed E-state index contributed by atoms with van der Waals surface area (Å²) in [6.07, 6.45) is 3.73. The molecule has 0 aliphatic heterocycles. The Kier molecular flexibility index (Phi) is 6.30. The standard InChI is InChI=1S/C12H10Br2N2.BrH/c13-5-9-1-3-11(15-7-9)12-4-2-10(6-14)8-16-12;/h1-4,7-8H,5-6H2;1H. The molecular formula is C12H11Br3N2. The van der Waals surface area contributed by atoms with E-state index in [9.17, 15) is 0 Å². The maximum Gasteiger partial charge on any atom is 0.0886 e. The van der Waals surface area contributed by atoms with E-state index in [4.69, 9.17) is 0 Å². The summed E-state index contributed by atoms with van der Waals surface area (Å²) >= 11 is 6.79. The number of hydrogen-bond donors (Lipinski definition) is 0. The van der Waals surface area contributed by atoms with Gasteiger partial charge >= 0.3 is 0 Å². The fraction of sp³-hybridized carbons (Fsp3) is 0.167. The predicted octanol–water partition coefficient (Wildman–Crippen LogP) is 4.51. The van der Waals surface area contributed by atoms with Crippen molar-refractivity contribution in [3.05, 3.63) is 47.8 Å². The summed E-state index contributed by atoms with van der Waals surface area (Å²) in [7, 11) is 0. The lowest BCUT2D eigenvalue weighted by Gasteiger charge is -2.01. The van der Waals surface area contributed by atoms with Gasteiger partial charge in [0.15, 0.2) is 0 Å². The third-order valence-corrected chi connectivity index (χ3v) is 3.52. The van der Waals surface area contributed by atoms with E-state index in [1.165, 1.54) is 11.1 Å². The molecule has 0 bridgehead atoms. The molecule has 5 heteroatoms. The Labute approximate surface area is 128 Å². The van der Waals surface area contributed by atoms with Gasteiger partial charge in [0.2, 0.25) is 0 Å². The Bertz CT molecular complexity index is 409. The molecule has 0 radical (unpaired) electrons. The average Bonchev–Trinajstić information content (AvgIpc) is 2.39. The van der Waals surface area contributed by atoms with Gasteiger partial charge in [0.05, 0.1) is 11.4 Å². The fourth-order valence-electron chi connectivity index (χ4n) is 1.31. The maximum absolute atomic E-state index is 4.37. The van der Waals surface area contributed by atoms with Crippen LogP contribution in [0, 0.1) is 0 Å². The van der Waals surface area contributed by atoms with Gasteiger partial charge in [-0.25, -0.2) is 0 Å². The maximum atomic E-state index is 4.37. The molecule has 0 unspecified atom stereocenters. The molecule has 0 aliphatic rings. The first-order chi connectivity index (χ1) is 7.83. The molecule has 0 spiro atoms. The third-order valence-electron chi connectivity index (χ3n) is 2.22. The highest BCUT2D eigenvalue weighted by Crippen LogP contribution is 2.16. The van der Waals surface area contributed by atoms with Gasteiger partial charge in [-0.1, -0.05) is 44.0 Å². The minimum atomic E-state index is 0. The van der Waals surface area contributed by atoms with Crippen molar-refractivity contribution in [2.24, 2.45) is 0 Å². The summed E-state index contributed by atoms with van der Waals surface area (Å²) in [5, 5.41) is 1.66. The molecule has 0 saturated carbocycles. The zero-order valence-corrected chi connectivity index (χ0v) is 13.8. The molecular weight excluding hydrogens is 412 g/mol. The van der Waals surface area contributed by atoms with E-state index in [1.807, 2.05) is 24.5 Å². The highest BCUT2D eigenvalue weighted by atomic mass is 79.9. The van der Waals surface area contributed by atoms with Crippen molar-refractivity contribution in [2.45, 2.75) is 10.7 Å². The summed E-state index contributed by atoms with van der Waals surface area (Å²) in [4.78, 5) is 8.74. The van der Waals surface area contributed by atoms with E-state index in [1.54, 1.807) is 0 Å². The van der Waals surface area contributed by atoms with Gasteiger partial charge in [0.25, 0.3) is 0 Å². The second-order valence-electron chi connectivity index (χ2n) is 3.37. The van der Waals surface area contributed by atoms with Crippen LogP contribution in [0.15, 0.2) is 36.7 Å². The number of pyridine rings is 2. The highest BCUT2D eigenvalue weighted by molar-refractivity contribution is 9.08. The molecule has 0 aromatic carbocycles. The van der Waals surface area contributed by atoms with E-state index in [2.05, 4.69) is 54.0 Å². The monoisotopic (exact) mass is 420 g/mol. The van der Waals surface area contributed by atoms with Gasteiger partial charge in [0.1, 0.15) is 0 Å².